The molecule has 0 saturated heterocycles. The van der Waals surface area contributed by atoms with Crippen LogP contribution in [0.15, 0.2) is 12.1 Å². The highest BCUT2D eigenvalue weighted by Crippen LogP contribution is 2.19. The summed E-state index contributed by atoms with van der Waals surface area (Å²) in [7, 11) is 0. The Hall–Kier alpha value is -1.56. The third kappa shape index (κ3) is 2.47. The topological polar surface area (TPSA) is 39.9 Å². The number of hydrogen-bond acceptors (Lipinski definition) is 3. The van der Waals surface area contributed by atoms with E-state index in [-0.39, 0.29) is 0 Å². The molecule has 0 unspecified atom stereocenters. The summed E-state index contributed by atoms with van der Waals surface area (Å²) in [5.74, 6) is 0.801. The second-order valence-electron chi connectivity index (χ2n) is 3.82. The maximum atomic E-state index is 9.02. The Morgan fingerprint density at radius 2 is 2.13 bits per heavy atom. The Bertz CT molecular complexity index is 377. The number of nitrogens with zero attached hydrogens (tertiary/aromatic N) is 3. The first kappa shape index (κ1) is 11.5. The molecule has 0 aliphatic carbocycles. The summed E-state index contributed by atoms with van der Waals surface area (Å²) < 4.78 is 0. The molecule has 1 rings (SSSR count). The summed E-state index contributed by atoms with van der Waals surface area (Å²) in [6.45, 7) is 9.09. The molecule has 0 saturated carbocycles. The molecule has 15 heavy (non-hydrogen) atoms. The van der Waals surface area contributed by atoms with E-state index in [4.69, 9.17) is 5.26 Å². The van der Waals surface area contributed by atoms with Crippen molar-refractivity contribution in [2.24, 2.45) is 0 Å². The van der Waals surface area contributed by atoms with E-state index in [9.17, 15) is 0 Å². The van der Waals surface area contributed by atoms with Crippen molar-refractivity contribution in [3.63, 3.8) is 0 Å². The highest BCUT2D eigenvalue weighted by atomic mass is 15.2. The molecule has 80 valence electrons. The van der Waals surface area contributed by atoms with Gasteiger partial charge in [0.25, 0.3) is 0 Å². The lowest BCUT2D eigenvalue weighted by Crippen LogP contribution is -2.32. The van der Waals surface area contributed by atoms with Crippen molar-refractivity contribution in [1.29, 1.82) is 5.26 Å². The Kier molecular flexibility index (Phi) is 3.68. The van der Waals surface area contributed by atoms with E-state index in [0.29, 0.717) is 11.6 Å². The minimum Gasteiger partial charge on any atom is -0.353 e. The largest absolute Gasteiger partial charge is 0.353 e. The Morgan fingerprint density at radius 3 is 2.60 bits per heavy atom. The second kappa shape index (κ2) is 4.79. The average molecular weight is 203 g/mol. The van der Waals surface area contributed by atoms with Gasteiger partial charge in [-0.25, -0.2) is 4.98 Å². The van der Waals surface area contributed by atoms with Crippen molar-refractivity contribution in [2.75, 3.05) is 11.4 Å². The molecule has 0 aromatic carbocycles. The number of hydrogen-bond donors (Lipinski definition) is 0. The van der Waals surface area contributed by atoms with Gasteiger partial charge in [-0.1, -0.05) is 0 Å². The number of aromatic nitrogens is 1. The highest BCUT2D eigenvalue weighted by molar-refractivity contribution is 5.54. The van der Waals surface area contributed by atoms with Gasteiger partial charge in [-0.15, -0.1) is 0 Å². The Balaban J connectivity index is 3.21. The first-order chi connectivity index (χ1) is 7.10. The number of rotatable bonds is 3. The molecule has 0 fully saturated rings. The molecule has 0 amide bonds. The molecule has 1 aromatic heterocycles. The van der Waals surface area contributed by atoms with Crippen LogP contribution in [0.1, 0.15) is 32.0 Å². The average Bonchev–Trinajstić information content (AvgIpc) is 2.18. The fourth-order valence-electron chi connectivity index (χ4n) is 1.61. The minimum absolute atomic E-state index is 0.358. The first-order valence-corrected chi connectivity index (χ1v) is 5.24. The van der Waals surface area contributed by atoms with Crippen LogP contribution in [0, 0.1) is 18.3 Å². The van der Waals surface area contributed by atoms with E-state index in [0.717, 1.165) is 18.1 Å². The zero-order chi connectivity index (χ0) is 11.4. The van der Waals surface area contributed by atoms with Crippen molar-refractivity contribution in [3.05, 3.63) is 23.4 Å². The summed E-state index contributed by atoms with van der Waals surface area (Å²) in [4.78, 5) is 6.57. The van der Waals surface area contributed by atoms with E-state index >= 15 is 0 Å². The van der Waals surface area contributed by atoms with Crippen LogP contribution in [-0.2, 0) is 0 Å². The molecular formula is C12H17N3. The smallest absolute Gasteiger partial charge is 0.147 e. The van der Waals surface area contributed by atoms with E-state index in [2.05, 4.69) is 36.7 Å². The molecule has 0 aliphatic rings. The van der Waals surface area contributed by atoms with Crippen molar-refractivity contribution < 1.29 is 0 Å². The van der Waals surface area contributed by atoms with Crippen LogP contribution in [0.5, 0.6) is 0 Å². The second-order valence-corrected chi connectivity index (χ2v) is 3.82. The molecule has 0 N–H and O–H groups in total. The fourth-order valence-corrected chi connectivity index (χ4v) is 1.61. The van der Waals surface area contributed by atoms with Crippen molar-refractivity contribution >= 4 is 5.82 Å². The summed E-state index contributed by atoms with van der Waals surface area (Å²) in [5, 5.41) is 9.02. The monoisotopic (exact) mass is 203 g/mol. The SMILES string of the molecule is CCN(c1nc(C)ccc1C#N)C(C)C. The lowest BCUT2D eigenvalue weighted by Gasteiger charge is -2.27. The maximum absolute atomic E-state index is 9.02. The normalized spacial score (nSPS) is 10.1. The van der Waals surface area contributed by atoms with Gasteiger partial charge in [-0.2, -0.15) is 5.26 Å². The minimum atomic E-state index is 0.358. The number of nitriles is 1. The molecule has 0 bridgehead atoms. The van der Waals surface area contributed by atoms with Gasteiger partial charge < -0.3 is 4.90 Å². The molecule has 1 aromatic rings. The first-order valence-electron chi connectivity index (χ1n) is 5.24. The lowest BCUT2D eigenvalue weighted by atomic mass is 10.2. The fraction of sp³-hybridized carbons (Fsp3) is 0.500. The van der Waals surface area contributed by atoms with Crippen LogP contribution < -0.4 is 4.90 Å². The van der Waals surface area contributed by atoms with Crippen LogP contribution >= 0.6 is 0 Å². The molecule has 0 aliphatic heterocycles. The zero-order valence-electron chi connectivity index (χ0n) is 9.78. The van der Waals surface area contributed by atoms with E-state index < -0.39 is 0 Å². The van der Waals surface area contributed by atoms with E-state index in [1.54, 1.807) is 0 Å². The molecule has 0 atom stereocenters. The Labute approximate surface area is 91.4 Å². The highest BCUT2D eigenvalue weighted by Gasteiger charge is 2.14. The van der Waals surface area contributed by atoms with Gasteiger partial charge in [-0.3, -0.25) is 0 Å². The summed E-state index contributed by atoms with van der Waals surface area (Å²) in [5.41, 5.74) is 1.60. The molecule has 3 nitrogen and oxygen atoms in total. The maximum Gasteiger partial charge on any atom is 0.147 e. The summed E-state index contributed by atoms with van der Waals surface area (Å²) in [6, 6.07) is 6.25. The van der Waals surface area contributed by atoms with Crippen LogP contribution in [-0.4, -0.2) is 17.6 Å². The van der Waals surface area contributed by atoms with Gasteiger partial charge >= 0.3 is 0 Å². The van der Waals surface area contributed by atoms with Crippen LogP contribution in [0.3, 0.4) is 0 Å². The van der Waals surface area contributed by atoms with Gasteiger partial charge in [0.2, 0.25) is 0 Å². The molecule has 1 heterocycles. The molecule has 3 heteroatoms. The predicted octanol–water partition coefficient (Wildman–Crippen LogP) is 2.50. The van der Waals surface area contributed by atoms with Gasteiger partial charge in [0.15, 0.2) is 0 Å². The lowest BCUT2D eigenvalue weighted by molar-refractivity contribution is 0.691. The standard InChI is InChI=1S/C12H17N3/c1-5-15(9(2)3)12-11(8-13)7-6-10(4)14-12/h6-7,9H,5H2,1-4H3. The Morgan fingerprint density at radius 1 is 1.47 bits per heavy atom. The zero-order valence-corrected chi connectivity index (χ0v) is 9.78. The molecule has 0 radical (unpaired) electrons. The van der Waals surface area contributed by atoms with Crippen LogP contribution in [0.25, 0.3) is 0 Å². The van der Waals surface area contributed by atoms with Crippen molar-refractivity contribution in [3.8, 4) is 6.07 Å². The summed E-state index contributed by atoms with van der Waals surface area (Å²) in [6.07, 6.45) is 0. The van der Waals surface area contributed by atoms with Crippen LogP contribution in [0.2, 0.25) is 0 Å². The molecular weight excluding hydrogens is 186 g/mol. The van der Waals surface area contributed by atoms with Crippen LogP contribution in [0.4, 0.5) is 5.82 Å². The van der Waals surface area contributed by atoms with Gasteiger partial charge in [0.1, 0.15) is 11.9 Å². The van der Waals surface area contributed by atoms with Gasteiger partial charge in [-0.05, 0) is 39.8 Å². The van der Waals surface area contributed by atoms with Gasteiger partial charge in [0, 0.05) is 18.3 Å². The quantitative estimate of drug-likeness (QED) is 0.757. The van der Waals surface area contributed by atoms with E-state index in [1.807, 2.05) is 19.1 Å². The third-order valence-corrected chi connectivity index (χ3v) is 2.37. The number of anilines is 1. The van der Waals surface area contributed by atoms with Gasteiger partial charge in [0.05, 0.1) is 5.56 Å². The van der Waals surface area contributed by atoms with Crippen molar-refractivity contribution in [2.45, 2.75) is 33.7 Å². The van der Waals surface area contributed by atoms with E-state index in [1.165, 1.54) is 0 Å². The number of aryl methyl sites for hydroxylation is 1. The summed E-state index contributed by atoms with van der Waals surface area (Å²) >= 11 is 0. The molecule has 0 spiro atoms. The van der Waals surface area contributed by atoms with Crippen molar-refractivity contribution in [1.82, 2.24) is 4.98 Å². The third-order valence-electron chi connectivity index (χ3n) is 2.37. The predicted molar refractivity (Wildman–Crippen MR) is 61.8 cm³/mol. The number of pyridine rings is 1.